The molecule has 1 aliphatic carbocycles. The van der Waals surface area contributed by atoms with Crippen molar-refractivity contribution in [3.05, 3.63) is 29.2 Å². The number of hydrogen-bond acceptors (Lipinski definition) is 11. The Hall–Kier alpha value is -3.12. The monoisotopic (exact) mass is 692 g/mol. The van der Waals surface area contributed by atoms with Gasteiger partial charge in [-0.15, -0.1) is 0 Å². The quantitative estimate of drug-likeness (QED) is 0.373. The van der Waals surface area contributed by atoms with Crippen molar-refractivity contribution < 1.29 is 31.2 Å². The number of nitrogens with two attached hydrogens (primary N) is 1. The van der Waals surface area contributed by atoms with Gasteiger partial charge in [0.05, 0.1) is 52.4 Å². The van der Waals surface area contributed by atoms with Crippen molar-refractivity contribution in [1.29, 1.82) is 0 Å². The second kappa shape index (κ2) is 10.7. The lowest BCUT2D eigenvalue weighted by Gasteiger charge is -2.47. The van der Waals surface area contributed by atoms with E-state index in [4.69, 9.17) is 25.2 Å². The van der Waals surface area contributed by atoms with Gasteiger partial charge in [0.15, 0.2) is 21.9 Å². The molecule has 4 saturated heterocycles. The summed E-state index contributed by atoms with van der Waals surface area (Å²) in [4.78, 5) is 18.2. The van der Waals surface area contributed by atoms with Crippen LogP contribution in [0, 0.1) is 5.82 Å². The molecule has 1 saturated carbocycles. The van der Waals surface area contributed by atoms with Gasteiger partial charge in [-0.2, -0.15) is 9.97 Å². The predicted octanol–water partition coefficient (Wildman–Crippen LogP) is 3.18. The number of piperazine rings is 1. The van der Waals surface area contributed by atoms with Gasteiger partial charge in [-0.3, -0.25) is 9.21 Å². The largest absolute Gasteiger partial charge is 0.461 e. The van der Waals surface area contributed by atoms with Crippen molar-refractivity contribution in [2.24, 2.45) is 0 Å². The van der Waals surface area contributed by atoms with Crippen LogP contribution in [0.15, 0.2) is 17.0 Å². The third-order valence-corrected chi connectivity index (χ3v) is 12.7. The third kappa shape index (κ3) is 4.75. The van der Waals surface area contributed by atoms with Crippen LogP contribution in [0.4, 0.5) is 28.5 Å². The molecule has 17 heteroatoms. The molecule has 7 heterocycles. The van der Waals surface area contributed by atoms with E-state index < -0.39 is 46.9 Å². The summed E-state index contributed by atoms with van der Waals surface area (Å²) in [5.74, 6) is -3.29. The molecule has 0 spiro atoms. The number of ether oxygens (including phenoxy) is 2. The number of aromatic nitrogens is 3. The predicted molar refractivity (Wildman–Crippen MR) is 168 cm³/mol. The van der Waals surface area contributed by atoms with E-state index in [9.17, 15) is 21.8 Å². The van der Waals surface area contributed by atoms with Gasteiger partial charge in [0.25, 0.3) is 5.92 Å². The zero-order valence-electron chi connectivity index (χ0n) is 25.1. The molecule has 3 N–H and O–H groups in total. The van der Waals surface area contributed by atoms with Crippen molar-refractivity contribution in [3.63, 3.8) is 0 Å². The fraction of sp³-hybridized carbons (Fsp3) is 0.567. The van der Waals surface area contributed by atoms with Gasteiger partial charge < -0.3 is 25.4 Å². The van der Waals surface area contributed by atoms with E-state index in [0.29, 0.717) is 50.7 Å². The van der Waals surface area contributed by atoms with Crippen molar-refractivity contribution in [2.75, 3.05) is 56.6 Å². The summed E-state index contributed by atoms with van der Waals surface area (Å²) >= 11 is 0.948. The number of nitrogens with zero attached hydrogens (tertiary/aromatic N) is 6. The highest BCUT2D eigenvalue weighted by molar-refractivity contribution is 7.83. The Bertz CT molecular complexity index is 1820. The summed E-state index contributed by atoms with van der Waals surface area (Å²) in [6.07, 6.45) is 2.25. The number of hydrogen-bond donors (Lipinski definition) is 2. The number of benzene rings is 1. The number of anilines is 2. The molecule has 47 heavy (non-hydrogen) atoms. The van der Waals surface area contributed by atoms with Crippen molar-refractivity contribution in [3.8, 4) is 6.01 Å². The number of alkyl halides is 3. The first-order valence-corrected chi connectivity index (χ1v) is 17.7. The molecular formula is C30H32F4N8O3S2. The number of fused-ring (bicyclic) bond motifs is 5. The average molecular weight is 693 g/mol. The highest BCUT2D eigenvalue weighted by atomic mass is 32.2. The topological polar surface area (TPSA) is 122 Å². The summed E-state index contributed by atoms with van der Waals surface area (Å²) < 4.78 is 87.4. The average Bonchev–Trinajstić information content (AvgIpc) is 3.33. The van der Waals surface area contributed by atoms with Crippen LogP contribution < -0.4 is 20.7 Å². The van der Waals surface area contributed by atoms with Crippen molar-refractivity contribution >= 4 is 55.3 Å². The van der Waals surface area contributed by atoms with Crippen LogP contribution in [0.1, 0.15) is 36.9 Å². The van der Waals surface area contributed by atoms with Gasteiger partial charge in [0.1, 0.15) is 29.5 Å². The molecule has 0 amide bonds. The van der Waals surface area contributed by atoms with Crippen molar-refractivity contribution in [2.45, 2.75) is 66.3 Å². The minimum Gasteiger partial charge on any atom is -0.461 e. The van der Waals surface area contributed by atoms with Gasteiger partial charge in [0, 0.05) is 38.0 Å². The number of thiazole rings is 1. The van der Waals surface area contributed by atoms with Gasteiger partial charge in [-0.1, -0.05) is 11.3 Å². The fourth-order valence-electron chi connectivity index (χ4n) is 7.98. The van der Waals surface area contributed by atoms with E-state index in [1.807, 2.05) is 0 Å². The highest BCUT2D eigenvalue weighted by Gasteiger charge is 2.63. The number of rotatable bonds is 6. The fourth-order valence-corrected chi connectivity index (χ4v) is 10.3. The maximum Gasteiger partial charge on any atom is 0.319 e. The molecule has 6 atom stereocenters. The molecule has 9 rings (SSSR count). The zero-order chi connectivity index (χ0) is 32.2. The molecule has 5 fully saturated rings. The first kappa shape index (κ1) is 30.0. The second-order valence-corrected chi connectivity index (χ2v) is 15.6. The number of nitrogens with one attached hydrogen (secondary N) is 1. The molecule has 3 aromatic rings. The maximum atomic E-state index is 14.9. The zero-order valence-corrected chi connectivity index (χ0v) is 26.8. The van der Waals surface area contributed by atoms with E-state index in [2.05, 4.69) is 20.1 Å². The van der Waals surface area contributed by atoms with Gasteiger partial charge in [-0.05, 0) is 37.6 Å². The minimum atomic E-state index is -3.09. The van der Waals surface area contributed by atoms with Crippen LogP contribution in [0.5, 0.6) is 6.01 Å². The first-order chi connectivity index (χ1) is 22.6. The highest BCUT2D eigenvalue weighted by Crippen LogP contribution is 2.53. The second-order valence-electron chi connectivity index (χ2n) is 13.2. The molecule has 1 aromatic carbocycles. The Balaban J connectivity index is 1.21. The third-order valence-electron chi connectivity index (χ3n) is 10.2. The van der Waals surface area contributed by atoms with Crippen LogP contribution in [-0.2, 0) is 15.7 Å². The van der Waals surface area contributed by atoms with Crippen LogP contribution in [0.3, 0.4) is 0 Å². The maximum absolute atomic E-state index is 14.9. The Morgan fingerprint density at radius 1 is 1.17 bits per heavy atom. The van der Waals surface area contributed by atoms with Crippen LogP contribution in [-0.4, -0.2) is 110 Å². The summed E-state index contributed by atoms with van der Waals surface area (Å²) in [6.45, 7) is 3.29. The summed E-state index contributed by atoms with van der Waals surface area (Å²) in [5.41, 5.74) is 6.41. The molecule has 5 aliphatic heterocycles. The molecule has 5 unspecified atom stereocenters. The van der Waals surface area contributed by atoms with Gasteiger partial charge in [-0.25, -0.2) is 26.8 Å². The van der Waals surface area contributed by atoms with Gasteiger partial charge in [0.2, 0.25) is 0 Å². The molecule has 6 aliphatic rings. The van der Waals surface area contributed by atoms with E-state index in [0.717, 1.165) is 30.7 Å². The number of nitrogen functional groups attached to an aromatic ring is 1. The van der Waals surface area contributed by atoms with Crippen molar-refractivity contribution in [1.82, 2.24) is 29.5 Å². The lowest BCUT2D eigenvalue weighted by Crippen LogP contribution is -2.64. The molecule has 2 aromatic heterocycles. The summed E-state index contributed by atoms with van der Waals surface area (Å²) in [7, 11) is -2.19. The smallest absolute Gasteiger partial charge is 0.319 e. The Kier molecular flexibility index (Phi) is 6.82. The summed E-state index contributed by atoms with van der Waals surface area (Å²) in [5, 5.41) is 3.52. The summed E-state index contributed by atoms with van der Waals surface area (Å²) in [6, 6.07) is 1.02. The lowest BCUT2D eigenvalue weighted by molar-refractivity contribution is 0.0516. The van der Waals surface area contributed by atoms with E-state index in [1.165, 1.54) is 16.4 Å². The van der Waals surface area contributed by atoms with Gasteiger partial charge >= 0.3 is 6.01 Å². The number of halogens is 4. The molecule has 11 nitrogen and oxygen atoms in total. The molecular weight excluding hydrogens is 661 g/mol. The lowest BCUT2D eigenvalue weighted by atomic mass is 9.95. The van der Waals surface area contributed by atoms with Crippen LogP contribution in [0.2, 0.25) is 0 Å². The van der Waals surface area contributed by atoms with Crippen LogP contribution >= 0.6 is 11.3 Å². The van der Waals surface area contributed by atoms with Crippen LogP contribution in [0.25, 0.3) is 22.0 Å². The SMILES string of the molecule is Nc1nc2c(C3=Cc4nc(OC[C@@]56CCCN5CC(F)C6)nc(N5C6CNCC5COC6)c4S(=O)N3C3CC3(F)F)ccc(F)c2s1. The molecule has 2 bridgehead atoms. The first-order valence-electron chi connectivity index (χ1n) is 15.8. The Morgan fingerprint density at radius 2 is 1.96 bits per heavy atom. The molecule has 0 radical (unpaired) electrons. The van der Waals surface area contributed by atoms with E-state index >= 15 is 0 Å². The normalized spacial score (nSPS) is 32.8. The standard InChI is InChI=1S/C30H32F4N8O3S2/c31-15-7-29(4-1-5-40(29)11-15)14-45-28-37-20-6-21(18-2-3-19(32)24-23(18)38-27(35)46-24)42(22-8-30(22,33)34)47(43)25(20)26(39-28)41-16-9-36-10-17(41)13-44-12-16/h2-3,6,15-17,22,36H,1,4-5,7-14H2,(H2,35,38)/t15?,16?,17?,22?,29-,47?/m0/s1. The Labute approximate surface area is 273 Å². The van der Waals surface area contributed by atoms with E-state index in [-0.39, 0.29) is 56.3 Å². The van der Waals surface area contributed by atoms with E-state index in [1.54, 1.807) is 6.08 Å². The minimum absolute atomic E-state index is 0.0276. The Morgan fingerprint density at radius 3 is 2.72 bits per heavy atom. The molecule has 250 valence electrons. The number of morpholine rings is 1.